The summed E-state index contributed by atoms with van der Waals surface area (Å²) >= 11 is 1.37. The SMILES string of the molecule is C[C@@H](O)CNc1nnc(Cc2ccccc2F)s1. The average Bonchev–Trinajstić information content (AvgIpc) is 2.77. The fraction of sp³-hybridized carbons (Fsp3) is 0.333. The van der Waals surface area contributed by atoms with Crippen LogP contribution < -0.4 is 5.32 Å². The maximum atomic E-state index is 13.4. The van der Waals surface area contributed by atoms with Crippen LogP contribution in [-0.4, -0.2) is 28.0 Å². The van der Waals surface area contributed by atoms with Crippen molar-refractivity contribution >= 4 is 16.5 Å². The first-order valence-electron chi connectivity index (χ1n) is 5.63. The Kier molecular flexibility index (Phi) is 4.22. The molecule has 0 fully saturated rings. The van der Waals surface area contributed by atoms with Gasteiger partial charge in [0.2, 0.25) is 5.13 Å². The molecule has 2 rings (SSSR count). The fourth-order valence-electron chi connectivity index (χ4n) is 1.44. The van der Waals surface area contributed by atoms with Crippen molar-refractivity contribution < 1.29 is 9.50 Å². The van der Waals surface area contributed by atoms with Crippen molar-refractivity contribution in [1.82, 2.24) is 10.2 Å². The number of hydrogen-bond donors (Lipinski definition) is 2. The molecule has 0 aliphatic carbocycles. The minimum Gasteiger partial charge on any atom is -0.392 e. The van der Waals surface area contributed by atoms with Gasteiger partial charge in [0, 0.05) is 13.0 Å². The van der Waals surface area contributed by atoms with E-state index in [0.717, 1.165) is 5.01 Å². The molecule has 0 aliphatic heterocycles. The largest absolute Gasteiger partial charge is 0.392 e. The van der Waals surface area contributed by atoms with Crippen LogP contribution in [0.5, 0.6) is 0 Å². The lowest BCUT2D eigenvalue weighted by Gasteiger charge is -2.03. The van der Waals surface area contributed by atoms with Gasteiger partial charge in [-0.2, -0.15) is 0 Å². The highest BCUT2D eigenvalue weighted by atomic mass is 32.1. The van der Waals surface area contributed by atoms with Crippen molar-refractivity contribution in [2.45, 2.75) is 19.4 Å². The topological polar surface area (TPSA) is 58.0 Å². The second-order valence-electron chi connectivity index (χ2n) is 4.00. The van der Waals surface area contributed by atoms with E-state index in [2.05, 4.69) is 15.5 Å². The van der Waals surface area contributed by atoms with Gasteiger partial charge >= 0.3 is 0 Å². The number of halogens is 1. The Balaban J connectivity index is 2.00. The molecule has 0 bridgehead atoms. The van der Waals surface area contributed by atoms with Crippen molar-refractivity contribution in [2.75, 3.05) is 11.9 Å². The van der Waals surface area contributed by atoms with E-state index in [0.29, 0.717) is 23.7 Å². The van der Waals surface area contributed by atoms with Crippen LogP contribution in [0.1, 0.15) is 17.5 Å². The molecule has 0 radical (unpaired) electrons. The molecule has 0 saturated carbocycles. The molecule has 1 atom stereocenters. The maximum Gasteiger partial charge on any atom is 0.205 e. The highest BCUT2D eigenvalue weighted by molar-refractivity contribution is 7.15. The molecule has 2 N–H and O–H groups in total. The summed E-state index contributed by atoms with van der Waals surface area (Å²) in [5.74, 6) is -0.230. The summed E-state index contributed by atoms with van der Waals surface area (Å²) in [4.78, 5) is 0. The Morgan fingerprint density at radius 1 is 1.39 bits per heavy atom. The van der Waals surface area contributed by atoms with Gasteiger partial charge < -0.3 is 10.4 Å². The van der Waals surface area contributed by atoms with E-state index in [1.54, 1.807) is 25.1 Å². The first kappa shape index (κ1) is 12.9. The summed E-state index contributed by atoms with van der Waals surface area (Å²) in [7, 11) is 0. The van der Waals surface area contributed by atoms with Crippen molar-refractivity contribution in [2.24, 2.45) is 0 Å². The van der Waals surface area contributed by atoms with Crippen LogP contribution in [0.15, 0.2) is 24.3 Å². The third-order valence-electron chi connectivity index (χ3n) is 2.32. The van der Waals surface area contributed by atoms with E-state index >= 15 is 0 Å². The monoisotopic (exact) mass is 267 g/mol. The Bertz CT molecular complexity index is 516. The number of aliphatic hydroxyl groups is 1. The van der Waals surface area contributed by atoms with E-state index in [1.165, 1.54) is 17.4 Å². The molecule has 18 heavy (non-hydrogen) atoms. The standard InChI is InChI=1S/C12H14FN3OS/c1-8(17)7-14-12-16-15-11(18-12)6-9-4-2-3-5-10(9)13/h2-5,8,17H,6-7H2,1H3,(H,14,16)/t8-/m1/s1. The molecular formula is C12H14FN3OS. The van der Waals surface area contributed by atoms with Gasteiger partial charge in [-0.3, -0.25) is 0 Å². The van der Waals surface area contributed by atoms with Crippen LogP contribution in [0.2, 0.25) is 0 Å². The van der Waals surface area contributed by atoms with E-state index in [1.807, 2.05) is 0 Å². The van der Waals surface area contributed by atoms with Crippen molar-refractivity contribution in [3.05, 3.63) is 40.7 Å². The first-order valence-corrected chi connectivity index (χ1v) is 6.44. The molecule has 0 spiro atoms. The van der Waals surface area contributed by atoms with Crippen LogP contribution in [0.3, 0.4) is 0 Å². The Morgan fingerprint density at radius 3 is 2.89 bits per heavy atom. The fourth-order valence-corrected chi connectivity index (χ4v) is 2.21. The van der Waals surface area contributed by atoms with Crippen LogP contribution >= 0.6 is 11.3 Å². The zero-order valence-electron chi connectivity index (χ0n) is 9.93. The minimum absolute atomic E-state index is 0.230. The Labute approximate surface area is 109 Å². The lowest BCUT2D eigenvalue weighted by atomic mass is 10.1. The van der Waals surface area contributed by atoms with Crippen LogP contribution in [0, 0.1) is 5.82 Å². The molecule has 4 nitrogen and oxygen atoms in total. The highest BCUT2D eigenvalue weighted by Crippen LogP contribution is 2.19. The molecular weight excluding hydrogens is 253 g/mol. The molecule has 96 valence electrons. The zero-order valence-corrected chi connectivity index (χ0v) is 10.7. The molecule has 0 amide bonds. The summed E-state index contributed by atoms with van der Waals surface area (Å²) in [5.41, 5.74) is 0.607. The summed E-state index contributed by atoms with van der Waals surface area (Å²) in [5, 5.41) is 21.4. The van der Waals surface area contributed by atoms with Gasteiger partial charge in [-0.1, -0.05) is 29.5 Å². The van der Waals surface area contributed by atoms with Gasteiger partial charge in [0.15, 0.2) is 0 Å². The Morgan fingerprint density at radius 2 is 2.17 bits per heavy atom. The van der Waals surface area contributed by atoms with E-state index in [9.17, 15) is 4.39 Å². The third-order valence-corrected chi connectivity index (χ3v) is 3.20. The maximum absolute atomic E-state index is 13.4. The lowest BCUT2D eigenvalue weighted by Crippen LogP contribution is -2.14. The first-order chi connectivity index (χ1) is 8.65. The predicted octanol–water partition coefficient (Wildman–Crippen LogP) is 2.06. The van der Waals surface area contributed by atoms with Gasteiger partial charge in [-0.25, -0.2) is 4.39 Å². The third kappa shape index (κ3) is 3.48. The normalized spacial score (nSPS) is 12.4. The second-order valence-corrected chi connectivity index (χ2v) is 5.06. The number of aromatic nitrogens is 2. The Hall–Kier alpha value is -1.53. The summed E-state index contributed by atoms with van der Waals surface area (Å²) in [6.07, 6.45) is -0.00957. The van der Waals surface area contributed by atoms with Gasteiger partial charge in [0.25, 0.3) is 0 Å². The van der Waals surface area contributed by atoms with E-state index in [4.69, 9.17) is 5.11 Å². The molecule has 2 aromatic rings. The number of nitrogens with one attached hydrogen (secondary N) is 1. The highest BCUT2D eigenvalue weighted by Gasteiger charge is 2.08. The van der Waals surface area contributed by atoms with E-state index in [-0.39, 0.29) is 5.82 Å². The van der Waals surface area contributed by atoms with Gasteiger partial charge in [-0.15, -0.1) is 10.2 Å². The number of rotatable bonds is 5. The molecule has 1 heterocycles. The lowest BCUT2D eigenvalue weighted by molar-refractivity contribution is 0.208. The molecule has 0 unspecified atom stereocenters. The molecule has 0 saturated heterocycles. The molecule has 1 aromatic heterocycles. The van der Waals surface area contributed by atoms with Crippen LogP contribution in [0.25, 0.3) is 0 Å². The number of anilines is 1. The minimum atomic E-state index is -0.441. The number of nitrogens with zero attached hydrogens (tertiary/aromatic N) is 2. The van der Waals surface area contributed by atoms with Crippen molar-refractivity contribution in [3.63, 3.8) is 0 Å². The molecule has 0 aliphatic rings. The number of benzene rings is 1. The van der Waals surface area contributed by atoms with Crippen molar-refractivity contribution in [1.29, 1.82) is 0 Å². The molecule has 1 aromatic carbocycles. The summed E-state index contributed by atoms with van der Waals surface area (Å²) < 4.78 is 13.4. The predicted molar refractivity (Wildman–Crippen MR) is 69.3 cm³/mol. The quantitative estimate of drug-likeness (QED) is 0.870. The summed E-state index contributed by atoms with van der Waals surface area (Å²) in [6.45, 7) is 2.11. The average molecular weight is 267 g/mol. The smallest absolute Gasteiger partial charge is 0.205 e. The number of hydrogen-bond acceptors (Lipinski definition) is 5. The van der Waals surface area contributed by atoms with Gasteiger partial charge in [0.1, 0.15) is 10.8 Å². The summed E-state index contributed by atoms with van der Waals surface area (Å²) in [6, 6.07) is 6.63. The van der Waals surface area contributed by atoms with Gasteiger partial charge in [-0.05, 0) is 18.6 Å². The van der Waals surface area contributed by atoms with Crippen LogP contribution in [-0.2, 0) is 6.42 Å². The van der Waals surface area contributed by atoms with Crippen LogP contribution in [0.4, 0.5) is 9.52 Å². The zero-order chi connectivity index (χ0) is 13.0. The van der Waals surface area contributed by atoms with E-state index < -0.39 is 6.10 Å². The van der Waals surface area contributed by atoms with Crippen molar-refractivity contribution in [3.8, 4) is 0 Å². The second kappa shape index (κ2) is 5.88. The molecule has 6 heteroatoms. The van der Waals surface area contributed by atoms with Gasteiger partial charge in [0.05, 0.1) is 6.10 Å². The number of aliphatic hydroxyl groups excluding tert-OH is 1.